The highest BCUT2D eigenvalue weighted by molar-refractivity contribution is 6.74. The third kappa shape index (κ3) is 5.94. The first-order valence-electron chi connectivity index (χ1n) is 9.90. The summed E-state index contributed by atoms with van der Waals surface area (Å²) in [6.45, 7) is 13.9. The van der Waals surface area contributed by atoms with E-state index < -0.39 is 14.4 Å². The Balaban J connectivity index is 2.03. The van der Waals surface area contributed by atoms with Crippen LogP contribution in [0, 0.1) is 5.92 Å². The zero-order chi connectivity index (χ0) is 20.8. The molecule has 2 rings (SSSR count). The van der Waals surface area contributed by atoms with Crippen LogP contribution in [-0.4, -0.2) is 25.9 Å². The average Bonchev–Trinajstić information content (AvgIpc) is 2.65. The lowest BCUT2D eigenvalue weighted by molar-refractivity contribution is 0.181. The summed E-state index contributed by atoms with van der Waals surface area (Å²) in [7, 11) is -1.76. The number of nitrogens with zero attached hydrogens (tertiary/aromatic N) is 1. The normalized spacial score (nSPS) is 17.7. The van der Waals surface area contributed by atoms with E-state index in [0.717, 1.165) is 12.0 Å². The Morgan fingerprint density at radius 2 is 1.89 bits per heavy atom. The maximum absolute atomic E-state index is 12.4. The van der Waals surface area contributed by atoms with Gasteiger partial charge < -0.3 is 9.16 Å². The maximum Gasteiger partial charge on any atom is 0.423 e. The number of hydrogen-bond donors (Lipinski definition) is 0. The molecule has 0 bridgehead atoms. The standard InChI is InChI=1S/C23H33NO3Si/c1-7-19-15-16-24(22(25)27-21-13-9-8-10-14-21)18-20(19)12-11-17-26-28(5,6)23(2,3)4/h8-16,18-19H,7,17H2,1-6H3/b12-11+. The van der Waals surface area contributed by atoms with Crippen molar-refractivity contribution in [3.8, 4) is 5.75 Å². The average molecular weight is 400 g/mol. The van der Waals surface area contributed by atoms with Gasteiger partial charge in [-0.3, -0.25) is 4.90 Å². The molecule has 1 amide bonds. The number of ether oxygens (including phenoxy) is 1. The summed E-state index contributed by atoms with van der Waals surface area (Å²) in [5.74, 6) is 0.816. The molecule has 0 saturated carbocycles. The van der Waals surface area contributed by atoms with Crippen LogP contribution < -0.4 is 4.74 Å². The monoisotopic (exact) mass is 399 g/mol. The molecule has 0 saturated heterocycles. The molecule has 4 nitrogen and oxygen atoms in total. The Morgan fingerprint density at radius 3 is 2.50 bits per heavy atom. The van der Waals surface area contributed by atoms with Gasteiger partial charge in [0.1, 0.15) is 5.75 Å². The van der Waals surface area contributed by atoms with Crippen molar-refractivity contribution in [3.63, 3.8) is 0 Å². The topological polar surface area (TPSA) is 38.8 Å². The SMILES string of the molecule is CCC1C=CN(C(=O)Oc2ccccc2)C=C1/C=C/CO[Si](C)(C)C(C)(C)C. The minimum absolute atomic E-state index is 0.192. The molecule has 0 radical (unpaired) electrons. The fourth-order valence-corrected chi connectivity index (χ4v) is 3.50. The van der Waals surface area contributed by atoms with E-state index in [1.165, 1.54) is 4.90 Å². The first kappa shape index (κ1) is 22.2. The van der Waals surface area contributed by atoms with Crippen molar-refractivity contribution in [3.05, 3.63) is 66.5 Å². The van der Waals surface area contributed by atoms with Gasteiger partial charge in [0.05, 0.1) is 6.61 Å². The second kappa shape index (κ2) is 9.39. The number of carbonyl (C=O) groups is 1. The smallest absolute Gasteiger partial charge is 0.413 e. The highest BCUT2D eigenvalue weighted by atomic mass is 28.4. The van der Waals surface area contributed by atoms with Crippen molar-refractivity contribution in [1.29, 1.82) is 0 Å². The molecular formula is C23H33NO3Si. The second-order valence-electron chi connectivity index (χ2n) is 8.55. The number of para-hydroxylation sites is 1. The van der Waals surface area contributed by atoms with Gasteiger partial charge in [-0.25, -0.2) is 4.79 Å². The fraction of sp³-hybridized carbons (Fsp3) is 0.435. The molecule has 1 aliphatic heterocycles. The minimum Gasteiger partial charge on any atom is -0.413 e. The Labute approximate surface area is 170 Å². The van der Waals surface area contributed by atoms with E-state index in [4.69, 9.17) is 9.16 Å². The summed E-state index contributed by atoms with van der Waals surface area (Å²) in [6, 6.07) is 9.10. The van der Waals surface area contributed by atoms with E-state index in [1.807, 2.05) is 30.5 Å². The third-order valence-corrected chi connectivity index (χ3v) is 9.95. The predicted molar refractivity (Wildman–Crippen MR) is 118 cm³/mol. The van der Waals surface area contributed by atoms with Crippen LogP contribution in [0.25, 0.3) is 0 Å². The summed E-state index contributed by atoms with van der Waals surface area (Å²) >= 11 is 0. The largest absolute Gasteiger partial charge is 0.423 e. The number of rotatable bonds is 6. The van der Waals surface area contributed by atoms with E-state index in [9.17, 15) is 4.79 Å². The van der Waals surface area contributed by atoms with Gasteiger partial charge in [0.2, 0.25) is 0 Å². The van der Waals surface area contributed by atoms with Crippen LogP contribution in [0.4, 0.5) is 4.79 Å². The highest BCUT2D eigenvalue weighted by Crippen LogP contribution is 2.36. The van der Waals surface area contributed by atoms with Crippen molar-refractivity contribution in [2.24, 2.45) is 5.92 Å². The molecule has 1 aromatic carbocycles. The minimum atomic E-state index is -1.76. The molecular weight excluding hydrogens is 366 g/mol. The van der Waals surface area contributed by atoms with E-state index >= 15 is 0 Å². The lowest BCUT2D eigenvalue weighted by atomic mass is 9.94. The van der Waals surface area contributed by atoms with Crippen LogP contribution in [0.1, 0.15) is 34.1 Å². The molecule has 1 heterocycles. The van der Waals surface area contributed by atoms with Crippen LogP contribution in [0.3, 0.4) is 0 Å². The number of hydrogen-bond acceptors (Lipinski definition) is 3. The van der Waals surface area contributed by atoms with Gasteiger partial charge in [-0.15, -0.1) is 0 Å². The van der Waals surface area contributed by atoms with E-state index in [-0.39, 0.29) is 11.0 Å². The van der Waals surface area contributed by atoms with E-state index in [0.29, 0.717) is 12.4 Å². The molecule has 1 atom stereocenters. The predicted octanol–water partition coefficient (Wildman–Crippen LogP) is 6.50. The Bertz CT molecular complexity index is 745. The number of allylic oxidation sites excluding steroid dienone is 3. The number of carbonyl (C=O) groups excluding carboxylic acids is 1. The fourth-order valence-electron chi connectivity index (χ4n) is 2.56. The first-order valence-corrected chi connectivity index (χ1v) is 12.8. The van der Waals surface area contributed by atoms with Crippen molar-refractivity contribution in [2.45, 2.75) is 52.2 Å². The van der Waals surface area contributed by atoms with Crippen LogP contribution in [0.2, 0.25) is 18.1 Å². The lowest BCUT2D eigenvalue weighted by Crippen LogP contribution is -2.40. The number of amides is 1. The van der Waals surface area contributed by atoms with Crippen molar-refractivity contribution >= 4 is 14.4 Å². The van der Waals surface area contributed by atoms with E-state index in [2.05, 4.69) is 52.9 Å². The van der Waals surface area contributed by atoms with Gasteiger partial charge in [0, 0.05) is 18.3 Å². The Morgan fingerprint density at radius 1 is 1.21 bits per heavy atom. The molecule has 0 aliphatic carbocycles. The molecule has 0 aromatic heterocycles. The van der Waals surface area contributed by atoms with Crippen LogP contribution in [-0.2, 0) is 4.43 Å². The lowest BCUT2D eigenvalue weighted by Gasteiger charge is -2.35. The van der Waals surface area contributed by atoms with Gasteiger partial charge in [-0.1, -0.05) is 64.1 Å². The van der Waals surface area contributed by atoms with Gasteiger partial charge in [0.15, 0.2) is 8.32 Å². The summed E-state index contributed by atoms with van der Waals surface area (Å²) in [6.07, 6.45) is 10.3. The van der Waals surface area contributed by atoms with Gasteiger partial charge in [-0.2, -0.15) is 0 Å². The summed E-state index contributed by atoms with van der Waals surface area (Å²) in [4.78, 5) is 13.9. The van der Waals surface area contributed by atoms with E-state index in [1.54, 1.807) is 18.3 Å². The zero-order valence-corrected chi connectivity index (χ0v) is 18.9. The van der Waals surface area contributed by atoms with Crippen molar-refractivity contribution in [2.75, 3.05) is 6.61 Å². The second-order valence-corrected chi connectivity index (χ2v) is 13.4. The van der Waals surface area contributed by atoms with Crippen molar-refractivity contribution < 1.29 is 14.0 Å². The molecule has 0 fully saturated rings. The summed E-state index contributed by atoms with van der Waals surface area (Å²) in [5.41, 5.74) is 1.08. The Kier molecular flexibility index (Phi) is 7.44. The summed E-state index contributed by atoms with van der Waals surface area (Å²) in [5, 5.41) is 0.192. The maximum atomic E-state index is 12.4. The van der Waals surface area contributed by atoms with Crippen LogP contribution in [0.15, 0.2) is 66.5 Å². The van der Waals surface area contributed by atoms with Gasteiger partial charge in [-0.05, 0) is 42.3 Å². The highest BCUT2D eigenvalue weighted by Gasteiger charge is 2.36. The third-order valence-electron chi connectivity index (χ3n) is 5.45. The molecule has 5 heteroatoms. The van der Waals surface area contributed by atoms with Crippen LogP contribution in [0.5, 0.6) is 5.75 Å². The van der Waals surface area contributed by atoms with Gasteiger partial charge >= 0.3 is 6.09 Å². The van der Waals surface area contributed by atoms with Gasteiger partial charge in [0.25, 0.3) is 0 Å². The molecule has 1 aromatic rings. The quantitative estimate of drug-likeness (QED) is 0.512. The van der Waals surface area contributed by atoms with Crippen molar-refractivity contribution in [1.82, 2.24) is 4.90 Å². The number of benzene rings is 1. The molecule has 28 heavy (non-hydrogen) atoms. The molecule has 0 N–H and O–H groups in total. The summed E-state index contributed by atoms with van der Waals surface area (Å²) < 4.78 is 11.6. The molecule has 152 valence electrons. The molecule has 1 unspecified atom stereocenters. The molecule has 1 aliphatic rings. The zero-order valence-electron chi connectivity index (χ0n) is 17.9. The molecule has 0 spiro atoms. The first-order chi connectivity index (χ1) is 13.1. The van der Waals surface area contributed by atoms with Crippen LogP contribution >= 0.6 is 0 Å². The Hall–Kier alpha value is -2.11.